The molecule has 0 aliphatic carbocycles. The van der Waals surface area contributed by atoms with E-state index in [0.29, 0.717) is 23.8 Å². The molecule has 212 valence electrons. The van der Waals surface area contributed by atoms with Crippen molar-refractivity contribution in [2.45, 2.75) is 90.4 Å². The molecule has 0 aromatic heterocycles. The summed E-state index contributed by atoms with van der Waals surface area (Å²) in [5.74, 6) is -1.58. The van der Waals surface area contributed by atoms with Crippen LogP contribution in [-0.2, 0) is 23.8 Å². The van der Waals surface area contributed by atoms with Crippen LogP contribution < -0.4 is 10.6 Å². The van der Waals surface area contributed by atoms with Gasteiger partial charge in [0.1, 0.15) is 6.54 Å². The fourth-order valence-electron chi connectivity index (χ4n) is 3.86. The lowest BCUT2D eigenvalue weighted by Crippen LogP contribution is -2.60. The summed E-state index contributed by atoms with van der Waals surface area (Å²) in [6, 6.07) is 0.986. The summed E-state index contributed by atoms with van der Waals surface area (Å²) in [5.41, 5.74) is -1.91. The van der Waals surface area contributed by atoms with Crippen LogP contribution in [0.25, 0.3) is 0 Å². The molecule has 12 heteroatoms. The summed E-state index contributed by atoms with van der Waals surface area (Å²) in [6.07, 6.45) is 1.77. The van der Waals surface area contributed by atoms with Crippen molar-refractivity contribution in [3.8, 4) is 6.07 Å². The number of amides is 2. The molecular weight excluding hydrogens is 531 g/mol. The highest BCUT2D eigenvalue weighted by Crippen LogP contribution is 2.41. The average molecular weight is 576 g/mol. The van der Waals surface area contributed by atoms with Gasteiger partial charge in [-0.15, -0.1) is 0 Å². The van der Waals surface area contributed by atoms with Gasteiger partial charge in [-0.2, -0.15) is 5.26 Å². The van der Waals surface area contributed by atoms with Crippen LogP contribution in [0.5, 0.6) is 0 Å². The van der Waals surface area contributed by atoms with E-state index >= 15 is 0 Å². The number of carbonyl (C=O) groups is 3. The molecular formula is C25H45N3O6S2Si. The van der Waals surface area contributed by atoms with E-state index in [-0.39, 0.29) is 23.6 Å². The number of nitriles is 1. The number of unbranched alkanes of at least 4 members (excludes halogenated alkanes) is 1. The predicted octanol–water partition coefficient (Wildman–Crippen LogP) is 4.88. The molecule has 0 aromatic rings. The van der Waals surface area contributed by atoms with E-state index in [9.17, 15) is 14.4 Å². The predicted molar refractivity (Wildman–Crippen MR) is 154 cm³/mol. The summed E-state index contributed by atoms with van der Waals surface area (Å²) >= 11 is 6.86. The summed E-state index contributed by atoms with van der Waals surface area (Å²) in [6.45, 7) is 14.9. The number of rotatable bonds is 14. The third-order valence-corrected chi connectivity index (χ3v) is 8.85. The highest BCUT2D eigenvalue weighted by Gasteiger charge is 2.56. The van der Waals surface area contributed by atoms with Gasteiger partial charge in [0.2, 0.25) is 4.38 Å². The number of nitrogens with one attached hydrogen (secondary N) is 2. The van der Waals surface area contributed by atoms with Gasteiger partial charge in [0, 0.05) is 13.3 Å². The minimum atomic E-state index is -1.82. The Morgan fingerprint density at radius 1 is 1.11 bits per heavy atom. The van der Waals surface area contributed by atoms with Gasteiger partial charge in [-0.25, -0.2) is 4.79 Å². The van der Waals surface area contributed by atoms with E-state index in [2.05, 4.69) is 30.3 Å². The number of thioether (sulfide) groups is 1. The van der Waals surface area contributed by atoms with Gasteiger partial charge in [-0.3, -0.25) is 9.59 Å². The van der Waals surface area contributed by atoms with Crippen molar-refractivity contribution in [3.05, 3.63) is 0 Å². The van der Waals surface area contributed by atoms with E-state index in [0.717, 1.165) is 12.5 Å². The van der Waals surface area contributed by atoms with Gasteiger partial charge in [-0.1, -0.05) is 71.9 Å². The average Bonchev–Trinajstić information content (AvgIpc) is 2.79. The van der Waals surface area contributed by atoms with Crippen LogP contribution in [0.15, 0.2) is 0 Å². The minimum Gasteiger partial charge on any atom is -0.478 e. The number of thiocarbonyl (C=S) groups is 1. The topological polar surface area (TPSA) is 127 Å². The molecule has 0 aliphatic rings. The van der Waals surface area contributed by atoms with Crippen LogP contribution in [0.2, 0.25) is 25.7 Å². The lowest BCUT2D eigenvalue weighted by Gasteiger charge is -2.39. The monoisotopic (exact) mass is 575 g/mol. The summed E-state index contributed by atoms with van der Waals surface area (Å²) < 4.78 is 16.5. The van der Waals surface area contributed by atoms with E-state index in [1.807, 2.05) is 33.8 Å². The molecule has 2 atom stereocenters. The number of esters is 2. The molecule has 2 unspecified atom stereocenters. The maximum absolute atomic E-state index is 13.5. The fourth-order valence-corrected chi connectivity index (χ4v) is 8.42. The smallest absolute Gasteiger partial charge is 0.325 e. The van der Waals surface area contributed by atoms with Crippen LogP contribution in [0.4, 0.5) is 4.79 Å². The molecule has 2 N–H and O–H groups in total. The van der Waals surface area contributed by atoms with Crippen LogP contribution >= 0.6 is 24.0 Å². The van der Waals surface area contributed by atoms with Crippen molar-refractivity contribution >= 4 is 54.4 Å². The quantitative estimate of drug-likeness (QED) is 0.0979. The van der Waals surface area contributed by atoms with Gasteiger partial charge >= 0.3 is 18.0 Å². The number of methoxy groups -OCH3 is 2. The number of nitrogens with zero attached hydrogens (tertiary/aromatic N) is 1. The van der Waals surface area contributed by atoms with Gasteiger partial charge in [-0.05, 0) is 36.5 Å². The number of hydrogen-bond donors (Lipinski definition) is 2. The molecule has 0 rings (SSSR count). The van der Waals surface area contributed by atoms with E-state index in [4.69, 9.17) is 31.7 Å². The zero-order valence-electron chi connectivity index (χ0n) is 23.8. The van der Waals surface area contributed by atoms with Gasteiger partial charge in [0.05, 0.1) is 32.9 Å². The number of hydrogen-bond acceptors (Lipinski definition) is 9. The van der Waals surface area contributed by atoms with Crippen molar-refractivity contribution in [3.63, 3.8) is 0 Å². The molecule has 0 fully saturated rings. The highest BCUT2D eigenvalue weighted by molar-refractivity contribution is 8.23. The summed E-state index contributed by atoms with van der Waals surface area (Å²) in [5, 5.41) is 13.8. The van der Waals surface area contributed by atoms with Crippen molar-refractivity contribution < 1.29 is 28.6 Å². The first kappa shape index (κ1) is 35.2. The molecule has 9 nitrogen and oxygen atoms in total. The van der Waals surface area contributed by atoms with Crippen LogP contribution in [0.3, 0.4) is 0 Å². The van der Waals surface area contributed by atoms with Gasteiger partial charge in [0.15, 0.2) is 5.41 Å². The van der Waals surface area contributed by atoms with Gasteiger partial charge in [0.25, 0.3) is 0 Å². The van der Waals surface area contributed by atoms with Crippen molar-refractivity contribution in [1.29, 1.82) is 5.26 Å². The van der Waals surface area contributed by atoms with Gasteiger partial charge < -0.3 is 24.8 Å². The first-order chi connectivity index (χ1) is 17.1. The first-order valence-electron chi connectivity index (χ1n) is 12.5. The second-order valence-corrected chi connectivity index (χ2v) is 18.9. The van der Waals surface area contributed by atoms with Crippen LogP contribution in [0, 0.1) is 22.2 Å². The molecule has 0 aliphatic heterocycles. The number of ether oxygens (including phenoxy) is 3. The molecule has 0 heterocycles. The third kappa shape index (κ3) is 13.0. The zero-order chi connectivity index (χ0) is 28.9. The Kier molecular flexibility index (Phi) is 15.4. The maximum Gasteiger partial charge on any atom is 0.325 e. The van der Waals surface area contributed by atoms with E-state index < -0.39 is 37.5 Å². The Morgan fingerprint density at radius 3 is 2.11 bits per heavy atom. The van der Waals surface area contributed by atoms with Crippen molar-refractivity contribution in [2.75, 3.05) is 27.4 Å². The van der Waals surface area contributed by atoms with Crippen molar-refractivity contribution in [1.82, 2.24) is 10.6 Å². The largest absolute Gasteiger partial charge is 0.478 e. The number of urea groups is 1. The fraction of sp³-hybridized carbons (Fsp3) is 0.800. The molecule has 0 spiro atoms. The van der Waals surface area contributed by atoms with Crippen LogP contribution in [-0.4, -0.2) is 69.1 Å². The zero-order valence-corrected chi connectivity index (χ0v) is 26.5. The lowest BCUT2D eigenvalue weighted by molar-refractivity contribution is -0.172. The van der Waals surface area contributed by atoms with E-state index in [1.165, 1.54) is 26.0 Å². The maximum atomic E-state index is 13.5. The Balaban J connectivity index is 6.56. The third-order valence-electron chi connectivity index (χ3n) is 5.45. The molecule has 0 radical (unpaired) electrons. The molecule has 2 amide bonds. The Morgan fingerprint density at radius 2 is 1.68 bits per heavy atom. The molecule has 37 heavy (non-hydrogen) atoms. The minimum absolute atomic E-state index is 0.0349. The first-order valence-corrected chi connectivity index (χ1v) is 17.5. The van der Waals surface area contributed by atoms with E-state index in [1.54, 1.807) is 0 Å². The second kappa shape index (κ2) is 16.2. The van der Waals surface area contributed by atoms with Crippen LogP contribution in [0.1, 0.15) is 53.4 Å². The Hall–Kier alpha value is -1.84. The molecule has 0 saturated carbocycles. The standard InChI is InChI=1S/C25H45N3O6S2Si/c1-10-11-12-19(28-22(31)27-14-13-26)25(20(29)32-5,21(30)33-6)15-18(16-37(7,8)9)36-23(35)34-17-24(2,3)4/h18-19H,10-12,14-17H2,1-9H3,(H2,27,28,31). The molecule has 0 saturated heterocycles. The second-order valence-electron chi connectivity index (χ2n) is 11.4. The molecule has 0 aromatic carbocycles. The lowest BCUT2D eigenvalue weighted by atomic mass is 9.74. The Labute approximate surface area is 233 Å². The highest BCUT2D eigenvalue weighted by atomic mass is 32.2. The van der Waals surface area contributed by atoms with Crippen molar-refractivity contribution in [2.24, 2.45) is 10.8 Å². The molecule has 0 bridgehead atoms. The number of carbonyl (C=O) groups excluding carboxylic acids is 3. The normalized spacial score (nSPS) is 13.5. The SMILES string of the molecule is CCCCC(NC(=O)NCC#N)C(CC(C[Si](C)(C)C)SC(=S)OCC(C)(C)C)(C(=O)OC)C(=O)OC. The summed E-state index contributed by atoms with van der Waals surface area (Å²) in [4.78, 5) is 39.5. The summed E-state index contributed by atoms with van der Waals surface area (Å²) in [7, 11) is 0.703. The Bertz CT molecular complexity index is 805.